The molecule has 1 aliphatic rings. The first-order valence-corrected chi connectivity index (χ1v) is 7.04. The molecule has 1 aliphatic heterocycles. The first kappa shape index (κ1) is 13.4. The van der Waals surface area contributed by atoms with Gasteiger partial charge in [-0.2, -0.15) is 4.31 Å². The smallest absolute Gasteiger partial charge is 0.246 e. The molecule has 1 fully saturated rings. The predicted molar refractivity (Wildman–Crippen MR) is 62.6 cm³/mol. The number of hydrogen-bond acceptors (Lipinski definition) is 3. The SMILES string of the molecule is C[C@H]1CN(S(=O)(=O)c2cc(F)ccc2F)CCN1. The van der Waals surface area contributed by atoms with Gasteiger partial charge in [-0.05, 0) is 25.1 Å². The highest BCUT2D eigenvalue weighted by Gasteiger charge is 2.30. The molecule has 18 heavy (non-hydrogen) atoms. The van der Waals surface area contributed by atoms with Crippen molar-refractivity contribution in [2.75, 3.05) is 19.6 Å². The minimum atomic E-state index is -3.97. The number of sulfonamides is 1. The number of piperazine rings is 1. The fourth-order valence-corrected chi connectivity index (χ4v) is 3.53. The van der Waals surface area contributed by atoms with Crippen LogP contribution >= 0.6 is 0 Å². The van der Waals surface area contributed by atoms with Gasteiger partial charge in [0.25, 0.3) is 0 Å². The van der Waals surface area contributed by atoms with Crippen molar-refractivity contribution in [3.8, 4) is 0 Å². The molecule has 1 aromatic rings. The number of rotatable bonds is 2. The molecule has 0 aromatic heterocycles. The van der Waals surface area contributed by atoms with Gasteiger partial charge in [0.05, 0.1) is 0 Å². The average Bonchev–Trinajstić information content (AvgIpc) is 2.32. The highest BCUT2D eigenvalue weighted by Crippen LogP contribution is 2.21. The summed E-state index contributed by atoms with van der Waals surface area (Å²) < 4.78 is 52.2. The van der Waals surface area contributed by atoms with Crippen molar-refractivity contribution in [2.24, 2.45) is 0 Å². The Morgan fingerprint density at radius 1 is 1.39 bits per heavy atom. The van der Waals surface area contributed by atoms with Gasteiger partial charge in [-0.25, -0.2) is 17.2 Å². The van der Waals surface area contributed by atoms with Crippen LogP contribution in [-0.4, -0.2) is 38.4 Å². The molecule has 7 heteroatoms. The molecular formula is C11H14F2N2O2S. The Balaban J connectivity index is 2.38. The molecule has 2 rings (SSSR count). The van der Waals surface area contributed by atoms with Gasteiger partial charge >= 0.3 is 0 Å². The Bertz CT molecular complexity index is 548. The van der Waals surface area contributed by atoms with Gasteiger partial charge in [-0.3, -0.25) is 0 Å². The van der Waals surface area contributed by atoms with Gasteiger partial charge in [0.15, 0.2) is 0 Å². The standard InChI is InChI=1S/C11H14F2N2O2S/c1-8-7-15(5-4-14-8)18(16,17)11-6-9(12)2-3-10(11)13/h2-3,6,8,14H,4-5,7H2,1H3/t8-/m0/s1. The van der Waals surface area contributed by atoms with E-state index >= 15 is 0 Å². The summed E-state index contributed by atoms with van der Waals surface area (Å²) in [7, 11) is -3.97. The van der Waals surface area contributed by atoms with Gasteiger partial charge in [-0.1, -0.05) is 0 Å². The molecule has 0 aliphatic carbocycles. The Hall–Kier alpha value is -1.05. The van der Waals surface area contributed by atoms with E-state index in [1.54, 1.807) is 0 Å². The molecule has 1 atom stereocenters. The quantitative estimate of drug-likeness (QED) is 0.875. The molecule has 0 spiro atoms. The molecule has 0 radical (unpaired) electrons. The van der Waals surface area contributed by atoms with Crippen LogP contribution in [0.25, 0.3) is 0 Å². The fourth-order valence-electron chi connectivity index (χ4n) is 1.93. The minimum Gasteiger partial charge on any atom is -0.312 e. The number of benzene rings is 1. The zero-order valence-electron chi connectivity index (χ0n) is 9.86. The maximum absolute atomic E-state index is 13.5. The fraction of sp³-hybridized carbons (Fsp3) is 0.455. The van der Waals surface area contributed by atoms with Crippen molar-refractivity contribution >= 4 is 10.0 Å². The van der Waals surface area contributed by atoms with Crippen LogP contribution in [0.5, 0.6) is 0 Å². The third-order valence-electron chi connectivity index (χ3n) is 2.84. The largest absolute Gasteiger partial charge is 0.312 e. The normalized spacial score (nSPS) is 22.1. The lowest BCUT2D eigenvalue weighted by Crippen LogP contribution is -2.51. The summed E-state index contributed by atoms with van der Waals surface area (Å²) in [5.41, 5.74) is 0. The van der Waals surface area contributed by atoms with Crippen molar-refractivity contribution in [3.05, 3.63) is 29.8 Å². The molecule has 1 aromatic carbocycles. The number of nitrogens with zero attached hydrogens (tertiary/aromatic N) is 1. The monoisotopic (exact) mass is 276 g/mol. The summed E-state index contributed by atoms with van der Waals surface area (Å²) in [5.74, 6) is -1.69. The van der Waals surface area contributed by atoms with Crippen LogP contribution in [0.1, 0.15) is 6.92 Å². The summed E-state index contributed by atoms with van der Waals surface area (Å²) in [5, 5.41) is 3.09. The second-order valence-electron chi connectivity index (χ2n) is 4.29. The Morgan fingerprint density at radius 3 is 2.78 bits per heavy atom. The second-order valence-corrected chi connectivity index (χ2v) is 6.20. The lowest BCUT2D eigenvalue weighted by atomic mass is 10.3. The van der Waals surface area contributed by atoms with Gasteiger partial charge < -0.3 is 5.32 Å². The third-order valence-corrected chi connectivity index (χ3v) is 4.72. The van der Waals surface area contributed by atoms with Crippen molar-refractivity contribution in [1.82, 2.24) is 9.62 Å². The molecule has 0 saturated carbocycles. The van der Waals surface area contributed by atoms with Crippen molar-refractivity contribution in [1.29, 1.82) is 0 Å². The first-order valence-electron chi connectivity index (χ1n) is 5.60. The van der Waals surface area contributed by atoms with Crippen LogP contribution in [0.15, 0.2) is 23.1 Å². The second kappa shape index (κ2) is 4.91. The van der Waals surface area contributed by atoms with Crippen molar-refractivity contribution < 1.29 is 17.2 Å². The first-order chi connectivity index (χ1) is 8.41. The van der Waals surface area contributed by atoms with E-state index in [0.717, 1.165) is 18.2 Å². The zero-order chi connectivity index (χ0) is 13.3. The molecular weight excluding hydrogens is 262 g/mol. The minimum absolute atomic E-state index is 0.00912. The van der Waals surface area contributed by atoms with Gasteiger partial charge in [0.2, 0.25) is 10.0 Å². The van der Waals surface area contributed by atoms with Gasteiger partial charge in [0, 0.05) is 25.7 Å². The Morgan fingerprint density at radius 2 is 2.11 bits per heavy atom. The molecule has 0 unspecified atom stereocenters. The van der Waals surface area contributed by atoms with Crippen LogP contribution in [-0.2, 0) is 10.0 Å². The molecule has 100 valence electrons. The van der Waals surface area contributed by atoms with E-state index < -0.39 is 26.6 Å². The number of hydrogen-bond donors (Lipinski definition) is 1. The van der Waals surface area contributed by atoms with E-state index in [2.05, 4.69) is 5.32 Å². The maximum atomic E-state index is 13.5. The summed E-state index contributed by atoms with van der Waals surface area (Å²) >= 11 is 0. The summed E-state index contributed by atoms with van der Waals surface area (Å²) in [4.78, 5) is -0.600. The Kier molecular flexibility index (Phi) is 3.65. The molecule has 1 heterocycles. The van der Waals surface area contributed by atoms with Crippen LogP contribution in [0.4, 0.5) is 8.78 Å². The lowest BCUT2D eigenvalue weighted by Gasteiger charge is -2.31. The zero-order valence-corrected chi connectivity index (χ0v) is 10.7. The van der Waals surface area contributed by atoms with Crippen molar-refractivity contribution in [2.45, 2.75) is 17.9 Å². The predicted octanol–water partition coefficient (Wildman–Crippen LogP) is 0.947. The van der Waals surface area contributed by atoms with E-state index in [4.69, 9.17) is 0 Å². The molecule has 4 nitrogen and oxygen atoms in total. The number of halogens is 2. The molecule has 0 bridgehead atoms. The summed E-state index contributed by atoms with van der Waals surface area (Å²) in [6.07, 6.45) is 0. The van der Waals surface area contributed by atoms with E-state index in [9.17, 15) is 17.2 Å². The van der Waals surface area contributed by atoms with Crippen LogP contribution in [0.2, 0.25) is 0 Å². The molecule has 1 saturated heterocycles. The maximum Gasteiger partial charge on any atom is 0.246 e. The summed E-state index contributed by atoms with van der Waals surface area (Å²) in [6, 6.07) is 2.44. The Labute approximate surface area is 105 Å². The van der Waals surface area contributed by atoms with E-state index in [0.29, 0.717) is 6.54 Å². The van der Waals surface area contributed by atoms with Gasteiger partial charge in [0.1, 0.15) is 16.5 Å². The van der Waals surface area contributed by atoms with E-state index in [1.165, 1.54) is 4.31 Å². The summed E-state index contributed by atoms with van der Waals surface area (Å²) in [6.45, 7) is 2.84. The highest BCUT2D eigenvalue weighted by atomic mass is 32.2. The van der Waals surface area contributed by atoms with Crippen LogP contribution in [0.3, 0.4) is 0 Å². The van der Waals surface area contributed by atoms with E-state index in [-0.39, 0.29) is 19.1 Å². The highest BCUT2D eigenvalue weighted by molar-refractivity contribution is 7.89. The average molecular weight is 276 g/mol. The van der Waals surface area contributed by atoms with Gasteiger partial charge in [-0.15, -0.1) is 0 Å². The number of nitrogens with one attached hydrogen (secondary N) is 1. The van der Waals surface area contributed by atoms with Crippen molar-refractivity contribution in [3.63, 3.8) is 0 Å². The molecule has 0 amide bonds. The lowest BCUT2D eigenvalue weighted by molar-refractivity contribution is 0.309. The molecule has 1 N–H and O–H groups in total. The third kappa shape index (κ3) is 2.52. The van der Waals surface area contributed by atoms with Crippen LogP contribution in [0, 0.1) is 11.6 Å². The van der Waals surface area contributed by atoms with E-state index in [1.807, 2.05) is 6.92 Å². The van der Waals surface area contributed by atoms with Crippen LogP contribution < -0.4 is 5.32 Å². The topological polar surface area (TPSA) is 49.4 Å².